The molecule has 19 heavy (non-hydrogen) atoms. The minimum atomic E-state index is -0.362. The highest BCUT2D eigenvalue weighted by molar-refractivity contribution is 5.02. The largest absolute Gasteiger partial charge is 0.303 e. The first-order chi connectivity index (χ1) is 9.00. The van der Waals surface area contributed by atoms with Crippen molar-refractivity contribution in [2.75, 3.05) is 20.1 Å². The lowest BCUT2D eigenvalue weighted by Crippen LogP contribution is -2.41. The van der Waals surface area contributed by atoms with Gasteiger partial charge in [-0.2, -0.15) is 5.26 Å². The minimum Gasteiger partial charge on any atom is -0.303 e. The molecule has 1 aliphatic rings. The molecule has 3 heteroatoms. The van der Waals surface area contributed by atoms with E-state index in [1.54, 1.807) is 0 Å². The number of hydrogen-bond donors (Lipinski definition) is 1. The first-order valence-electron chi connectivity index (χ1n) is 7.85. The van der Waals surface area contributed by atoms with Crippen LogP contribution in [0.4, 0.5) is 0 Å². The molecule has 1 unspecified atom stereocenters. The standard InChI is InChI=1S/C16H31N3/c1-14(2)12-19(15-8-5-6-9-15)11-7-10-16(3,13-17)18-4/h14-15,18H,5-12H2,1-4H3. The second-order valence-corrected chi connectivity index (χ2v) is 6.62. The molecule has 0 heterocycles. The number of nitrogens with zero attached hydrogens (tertiary/aromatic N) is 2. The van der Waals surface area contributed by atoms with Gasteiger partial charge in [0.1, 0.15) is 5.54 Å². The lowest BCUT2D eigenvalue weighted by molar-refractivity contribution is 0.170. The van der Waals surface area contributed by atoms with Gasteiger partial charge in [0.05, 0.1) is 6.07 Å². The maximum Gasteiger partial charge on any atom is 0.103 e. The summed E-state index contributed by atoms with van der Waals surface area (Å²) in [6, 6.07) is 3.18. The van der Waals surface area contributed by atoms with Crippen LogP contribution < -0.4 is 5.32 Å². The van der Waals surface area contributed by atoms with Crippen LogP contribution in [0.3, 0.4) is 0 Å². The first-order valence-corrected chi connectivity index (χ1v) is 7.85. The fraction of sp³-hybridized carbons (Fsp3) is 0.938. The molecule has 0 radical (unpaired) electrons. The Bertz CT molecular complexity index is 289. The highest BCUT2D eigenvalue weighted by Crippen LogP contribution is 2.25. The first kappa shape index (κ1) is 16.5. The zero-order chi connectivity index (χ0) is 14.3. The third kappa shape index (κ3) is 5.50. The molecule has 0 amide bonds. The molecule has 1 N–H and O–H groups in total. The summed E-state index contributed by atoms with van der Waals surface area (Å²) >= 11 is 0. The summed E-state index contributed by atoms with van der Waals surface area (Å²) < 4.78 is 0. The van der Waals surface area contributed by atoms with E-state index in [0.717, 1.165) is 31.3 Å². The molecule has 1 atom stereocenters. The Hall–Kier alpha value is -0.590. The van der Waals surface area contributed by atoms with Gasteiger partial charge in [0.15, 0.2) is 0 Å². The molecule has 0 aromatic carbocycles. The van der Waals surface area contributed by atoms with E-state index in [1.165, 1.54) is 32.2 Å². The fourth-order valence-electron chi connectivity index (χ4n) is 3.03. The molecule has 0 bridgehead atoms. The van der Waals surface area contributed by atoms with Crippen molar-refractivity contribution in [3.63, 3.8) is 0 Å². The summed E-state index contributed by atoms with van der Waals surface area (Å²) in [7, 11) is 1.88. The normalized spacial score (nSPS) is 19.8. The average molecular weight is 265 g/mol. The Morgan fingerprint density at radius 3 is 2.47 bits per heavy atom. The van der Waals surface area contributed by atoms with Crippen LogP contribution in [0.25, 0.3) is 0 Å². The number of nitriles is 1. The second kappa shape index (κ2) is 7.87. The SMILES string of the molecule is CNC(C)(C#N)CCCN(CC(C)C)C1CCCC1. The summed E-state index contributed by atoms with van der Waals surface area (Å²) in [6.07, 6.45) is 7.56. The molecule has 0 aromatic rings. The molecular formula is C16H31N3. The average Bonchev–Trinajstić information content (AvgIpc) is 2.90. The van der Waals surface area contributed by atoms with Gasteiger partial charge in [-0.05, 0) is 52.1 Å². The third-order valence-corrected chi connectivity index (χ3v) is 4.36. The molecule has 3 nitrogen and oxygen atoms in total. The molecule has 0 saturated heterocycles. The zero-order valence-electron chi connectivity index (χ0n) is 13.2. The molecule has 110 valence electrons. The molecule has 0 spiro atoms. The van der Waals surface area contributed by atoms with E-state index in [1.807, 2.05) is 14.0 Å². The van der Waals surface area contributed by atoms with Crippen molar-refractivity contribution in [1.82, 2.24) is 10.2 Å². The minimum absolute atomic E-state index is 0.362. The van der Waals surface area contributed by atoms with Crippen LogP contribution in [0.5, 0.6) is 0 Å². The number of nitrogens with one attached hydrogen (secondary N) is 1. The Morgan fingerprint density at radius 1 is 1.37 bits per heavy atom. The van der Waals surface area contributed by atoms with Crippen LogP contribution in [-0.4, -0.2) is 36.6 Å². The van der Waals surface area contributed by atoms with Crippen LogP contribution >= 0.6 is 0 Å². The zero-order valence-corrected chi connectivity index (χ0v) is 13.2. The number of rotatable bonds is 8. The van der Waals surface area contributed by atoms with Gasteiger partial charge < -0.3 is 10.2 Å². The van der Waals surface area contributed by atoms with Gasteiger partial charge in [-0.1, -0.05) is 26.7 Å². The molecule has 1 fully saturated rings. The van der Waals surface area contributed by atoms with Crippen molar-refractivity contribution < 1.29 is 0 Å². The Balaban J connectivity index is 2.42. The van der Waals surface area contributed by atoms with E-state index >= 15 is 0 Å². The summed E-state index contributed by atoms with van der Waals surface area (Å²) in [5.74, 6) is 0.729. The van der Waals surface area contributed by atoms with E-state index in [4.69, 9.17) is 0 Å². The Kier molecular flexibility index (Phi) is 6.82. The summed E-state index contributed by atoms with van der Waals surface area (Å²) in [5.41, 5.74) is -0.362. The van der Waals surface area contributed by atoms with Crippen molar-refractivity contribution in [3.05, 3.63) is 0 Å². The van der Waals surface area contributed by atoms with Crippen LogP contribution in [0, 0.1) is 17.2 Å². The molecule has 1 rings (SSSR count). The molecular weight excluding hydrogens is 234 g/mol. The van der Waals surface area contributed by atoms with E-state index in [0.29, 0.717) is 0 Å². The van der Waals surface area contributed by atoms with Crippen LogP contribution in [0.1, 0.15) is 59.3 Å². The summed E-state index contributed by atoms with van der Waals surface area (Å²) in [4.78, 5) is 2.67. The monoisotopic (exact) mass is 265 g/mol. The van der Waals surface area contributed by atoms with E-state index in [-0.39, 0.29) is 5.54 Å². The van der Waals surface area contributed by atoms with Gasteiger partial charge in [-0.3, -0.25) is 0 Å². The van der Waals surface area contributed by atoms with Crippen molar-refractivity contribution in [1.29, 1.82) is 5.26 Å². The van der Waals surface area contributed by atoms with Crippen molar-refractivity contribution in [2.45, 2.75) is 70.9 Å². The van der Waals surface area contributed by atoms with Gasteiger partial charge in [0.2, 0.25) is 0 Å². The van der Waals surface area contributed by atoms with E-state index < -0.39 is 0 Å². The third-order valence-electron chi connectivity index (χ3n) is 4.36. The quantitative estimate of drug-likeness (QED) is 0.732. The lowest BCUT2D eigenvalue weighted by atomic mass is 9.97. The lowest BCUT2D eigenvalue weighted by Gasteiger charge is -2.31. The highest BCUT2D eigenvalue weighted by Gasteiger charge is 2.25. The van der Waals surface area contributed by atoms with Gasteiger partial charge in [-0.25, -0.2) is 0 Å². The van der Waals surface area contributed by atoms with Gasteiger partial charge in [-0.15, -0.1) is 0 Å². The maximum atomic E-state index is 9.18. The molecule has 1 aliphatic carbocycles. The van der Waals surface area contributed by atoms with Crippen molar-refractivity contribution in [2.24, 2.45) is 5.92 Å². The maximum absolute atomic E-state index is 9.18. The smallest absolute Gasteiger partial charge is 0.103 e. The van der Waals surface area contributed by atoms with E-state index in [9.17, 15) is 5.26 Å². The Morgan fingerprint density at radius 2 is 2.00 bits per heavy atom. The van der Waals surface area contributed by atoms with E-state index in [2.05, 4.69) is 30.1 Å². The van der Waals surface area contributed by atoms with Crippen molar-refractivity contribution in [3.8, 4) is 6.07 Å². The van der Waals surface area contributed by atoms with Gasteiger partial charge in [0, 0.05) is 12.6 Å². The molecule has 1 saturated carbocycles. The molecule has 0 aliphatic heterocycles. The van der Waals surface area contributed by atoms with Crippen molar-refractivity contribution >= 4 is 0 Å². The number of hydrogen-bond acceptors (Lipinski definition) is 3. The predicted octanol–water partition coefficient (Wildman–Crippen LogP) is 3.17. The highest BCUT2D eigenvalue weighted by atomic mass is 15.2. The van der Waals surface area contributed by atoms with Crippen LogP contribution in [0.2, 0.25) is 0 Å². The topological polar surface area (TPSA) is 39.1 Å². The predicted molar refractivity (Wildman–Crippen MR) is 81.0 cm³/mol. The summed E-state index contributed by atoms with van der Waals surface area (Å²) in [6.45, 7) is 8.94. The van der Waals surface area contributed by atoms with Crippen LogP contribution in [0.15, 0.2) is 0 Å². The molecule has 0 aromatic heterocycles. The Labute approximate surface area is 119 Å². The summed E-state index contributed by atoms with van der Waals surface area (Å²) in [5, 5.41) is 12.3. The fourth-order valence-corrected chi connectivity index (χ4v) is 3.03. The van der Waals surface area contributed by atoms with Crippen LogP contribution in [-0.2, 0) is 0 Å². The van der Waals surface area contributed by atoms with Gasteiger partial charge in [0.25, 0.3) is 0 Å². The van der Waals surface area contributed by atoms with Gasteiger partial charge >= 0.3 is 0 Å². The second-order valence-electron chi connectivity index (χ2n) is 6.62.